The minimum Gasteiger partial charge on any atom is -0.272 e. The number of hydrogen-bond donors (Lipinski definition) is 2. The van der Waals surface area contributed by atoms with Gasteiger partial charge in [0.15, 0.2) is 0 Å². The van der Waals surface area contributed by atoms with E-state index < -0.39 is 5.91 Å². The Morgan fingerprint density at radius 3 is 2.67 bits per heavy atom. The van der Waals surface area contributed by atoms with E-state index in [1.165, 1.54) is 0 Å². The lowest BCUT2D eigenvalue weighted by atomic mass is 10.1. The van der Waals surface area contributed by atoms with E-state index >= 15 is 0 Å². The van der Waals surface area contributed by atoms with Crippen LogP contribution in [0.3, 0.4) is 0 Å². The van der Waals surface area contributed by atoms with Crippen molar-refractivity contribution in [2.45, 2.75) is 0 Å². The molecule has 0 aliphatic carbocycles. The van der Waals surface area contributed by atoms with Crippen molar-refractivity contribution in [3.63, 3.8) is 0 Å². The third-order valence-electron chi connectivity index (χ3n) is 3.21. The molecule has 0 aliphatic rings. The highest BCUT2D eigenvalue weighted by Crippen LogP contribution is 2.29. The molecule has 0 unspecified atom stereocenters. The predicted octanol–water partition coefficient (Wildman–Crippen LogP) is 4.15. The summed E-state index contributed by atoms with van der Waals surface area (Å²) in [4.78, 5) is 12.1. The lowest BCUT2D eigenvalue weighted by molar-refractivity contribution is 0.0950. The number of carbonyl (C=O) groups excluding carboxylic acids is 1. The maximum atomic E-state index is 12.1. The molecule has 0 fully saturated rings. The summed E-state index contributed by atoms with van der Waals surface area (Å²) < 4.78 is 0. The van der Waals surface area contributed by atoms with E-state index in [0.717, 1.165) is 5.56 Å². The molecular formula is C17H12Cl2N4O. The quantitative estimate of drug-likeness (QED) is 0.543. The number of nitrogens with zero attached hydrogens (tertiary/aromatic N) is 2. The van der Waals surface area contributed by atoms with Crippen molar-refractivity contribution in [1.29, 1.82) is 0 Å². The summed E-state index contributed by atoms with van der Waals surface area (Å²) in [5.74, 6) is -0.397. The van der Waals surface area contributed by atoms with E-state index in [4.69, 9.17) is 23.2 Å². The van der Waals surface area contributed by atoms with E-state index in [-0.39, 0.29) is 5.69 Å². The largest absolute Gasteiger partial charge is 0.289 e. The standard InChI is InChI=1S/C17H12Cl2N4O/c18-12-6-7-13(14(19)8-12)15-9-16(22-21-15)17(24)23-20-10-11-4-2-1-3-5-11/h1-10H,(H,21,22)(H,23,24). The Morgan fingerprint density at radius 1 is 1.12 bits per heavy atom. The fraction of sp³-hybridized carbons (Fsp3) is 0. The van der Waals surface area contributed by atoms with Crippen molar-refractivity contribution >= 4 is 35.3 Å². The van der Waals surface area contributed by atoms with E-state index in [1.807, 2.05) is 30.3 Å². The fourth-order valence-electron chi connectivity index (χ4n) is 2.04. The summed E-state index contributed by atoms with van der Waals surface area (Å²) in [6.45, 7) is 0. The number of amides is 1. The van der Waals surface area contributed by atoms with Gasteiger partial charge in [0.2, 0.25) is 0 Å². The van der Waals surface area contributed by atoms with E-state index in [9.17, 15) is 4.79 Å². The second-order valence-electron chi connectivity index (χ2n) is 4.90. The molecule has 0 atom stereocenters. The summed E-state index contributed by atoms with van der Waals surface area (Å²) in [6, 6.07) is 16.1. The Morgan fingerprint density at radius 2 is 1.92 bits per heavy atom. The van der Waals surface area contributed by atoms with Gasteiger partial charge in [-0.05, 0) is 29.8 Å². The van der Waals surface area contributed by atoms with Gasteiger partial charge in [-0.2, -0.15) is 10.2 Å². The molecule has 1 aromatic heterocycles. The summed E-state index contributed by atoms with van der Waals surface area (Å²) >= 11 is 12.0. The molecule has 0 saturated carbocycles. The molecule has 120 valence electrons. The van der Waals surface area contributed by atoms with Crippen molar-refractivity contribution in [1.82, 2.24) is 15.6 Å². The normalized spacial score (nSPS) is 10.9. The van der Waals surface area contributed by atoms with Crippen LogP contribution in [0.2, 0.25) is 10.0 Å². The zero-order chi connectivity index (χ0) is 16.9. The number of aromatic amines is 1. The van der Waals surface area contributed by atoms with Crippen LogP contribution < -0.4 is 5.43 Å². The first-order valence-corrected chi connectivity index (χ1v) is 7.78. The Bertz CT molecular complexity index is 891. The molecule has 2 N–H and O–H groups in total. The molecule has 24 heavy (non-hydrogen) atoms. The van der Waals surface area contributed by atoms with Gasteiger partial charge in [0.1, 0.15) is 5.69 Å². The van der Waals surface area contributed by atoms with E-state index in [1.54, 1.807) is 30.5 Å². The molecule has 5 nitrogen and oxygen atoms in total. The van der Waals surface area contributed by atoms with Crippen LogP contribution in [0, 0.1) is 0 Å². The minimum absolute atomic E-state index is 0.279. The number of nitrogens with one attached hydrogen (secondary N) is 2. The third-order valence-corrected chi connectivity index (χ3v) is 3.76. The van der Waals surface area contributed by atoms with Gasteiger partial charge < -0.3 is 0 Å². The van der Waals surface area contributed by atoms with Gasteiger partial charge in [-0.3, -0.25) is 9.89 Å². The predicted molar refractivity (Wildman–Crippen MR) is 95.5 cm³/mol. The maximum Gasteiger partial charge on any atom is 0.289 e. The molecule has 0 spiro atoms. The number of benzene rings is 2. The van der Waals surface area contributed by atoms with Crippen LogP contribution in [0.5, 0.6) is 0 Å². The Balaban J connectivity index is 1.71. The van der Waals surface area contributed by atoms with E-state index in [2.05, 4.69) is 20.7 Å². The van der Waals surface area contributed by atoms with Crippen molar-refractivity contribution in [3.8, 4) is 11.3 Å². The first-order chi connectivity index (χ1) is 11.6. The lowest BCUT2D eigenvalue weighted by Gasteiger charge is -2.00. The van der Waals surface area contributed by atoms with Gasteiger partial charge in [-0.15, -0.1) is 0 Å². The lowest BCUT2D eigenvalue weighted by Crippen LogP contribution is -2.17. The van der Waals surface area contributed by atoms with Gasteiger partial charge >= 0.3 is 0 Å². The zero-order valence-electron chi connectivity index (χ0n) is 12.3. The summed E-state index contributed by atoms with van der Waals surface area (Å²) in [5, 5.41) is 11.7. The average molecular weight is 359 g/mol. The second-order valence-corrected chi connectivity index (χ2v) is 5.74. The molecule has 7 heteroatoms. The summed E-state index contributed by atoms with van der Waals surface area (Å²) in [6.07, 6.45) is 1.56. The highest BCUT2D eigenvalue weighted by molar-refractivity contribution is 6.36. The van der Waals surface area contributed by atoms with Crippen LogP contribution >= 0.6 is 23.2 Å². The first kappa shape index (κ1) is 16.2. The van der Waals surface area contributed by atoms with Crippen molar-refractivity contribution in [3.05, 3.63) is 75.9 Å². The molecular weight excluding hydrogens is 347 g/mol. The number of aromatic nitrogens is 2. The first-order valence-electron chi connectivity index (χ1n) is 7.03. The Labute approximate surface area is 148 Å². The average Bonchev–Trinajstić information content (AvgIpc) is 3.05. The van der Waals surface area contributed by atoms with Gasteiger partial charge in [0.05, 0.1) is 16.9 Å². The number of rotatable bonds is 4. The van der Waals surface area contributed by atoms with Crippen LogP contribution in [-0.2, 0) is 0 Å². The monoisotopic (exact) mass is 358 g/mol. The topological polar surface area (TPSA) is 70.1 Å². The Kier molecular flexibility index (Phi) is 4.93. The molecule has 3 rings (SSSR count). The van der Waals surface area contributed by atoms with Crippen LogP contribution in [-0.4, -0.2) is 22.3 Å². The number of carbonyl (C=O) groups is 1. The van der Waals surface area contributed by atoms with Gasteiger partial charge in [-0.25, -0.2) is 5.43 Å². The molecule has 1 amide bonds. The number of H-pyrrole nitrogens is 1. The molecule has 0 saturated heterocycles. The molecule has 2 aromatic carbocycles. The van der Waals surface area contributed by atoms with Crippen LogP contribution in [0.4, 0.5) is 0 Å². The minimum atomic E-state index is -0.397. The second kappa shape index (κ2) is 7.29. The number of hydrazone groups is 1. The summed E-state index contributed by atoms with van der Waals surface area (Å²) in [5.41, 5.74) is 4.84. The fourth-order valence-corrected chi connectivity index (χ4v) is 2.54. The molecule has 1 heterocycles. The summed E-state index contributed by atoms with van der Waals surface area (Å²) in [7, 11) is 0. The van der Waals surface area contributed by atoms with E-state index in [0.29, 0.717) is 21.3 Å². The van der Waals surface area contributed by atoms with Crippen molar-refractivity contribution < 1.29 is 4.79 Å². The number of hydrogen-bond acceptors (Lipinski definition) is 3. The van der Waals surface area contributed by atoms with Gasteiger partial charge in [0, 0.05) is 10.6 Å². The third kappa shape index (κ3) is 3.82. The zero-order valence-corrected chi connectivity index (χ0v) is 13.8. The van der Waals surface area contributed by atoms with Crippen molar-refractivity contribution in [2.75, 3.05) is 0 Å². The van der Waals surface area contributed by atoms with Crippen molar-refractivity contribution in [2.24, 2.45) is 5.10 Å². The molecule has 0 radical (unpaired) electrons. The highest BCUT2D eigenvalue weighted by Gasteiger charge is 2.12. The van der Waals surface area contributed by atoms with Gasteiger partial charge in [0.25, 0.3) is 5.91 Å². The maximum absolute atomic E-state index is 12.1. The van der Waals surface area contributed by atoms with Crippen LogP contribution in [0.25, 0.3) is 11.3 Å². The number of halogens is 2. The van der Waals surface area contributed by atoms with Crippen LogP contribution in [0.1, 0.15) is 16.1 Å². The smallest absolute Gasteiger partial charge is 0.272 e. The highest BCUT2D eigenvalue weighted by atomic mass is 35.5. The molecule has 0 aliphatic heterocycles. The molecule has 0 bridgehead atoms. The van der Waals surface area contributed by atoms with Crippen LogP contribution in [0.15, 0.2) is 59.7 Å². The SMILES string of the molecule is O=C(NN=Cc1ccccc1)c1cc(-c2ccc(Cl)cc2Cl)n[nH]1. The van der Waals surface area contributed by atoms with Gasteiger partial charge in [-0.1, -0.05) is 53.5 Å². The Hall–Kier alpha value is -2.63. The molecule has 3 aromatic rings.